The molecule has 76 valence electrons. The van der Waals surface area contributed by atoms with Crippen LogP contribution < -0.4 is 0 Å². The molecule has 0 saturated heterocycles. The summed E-state index contributed by atoms with van der Waals surface area (Å²) >= 11 is 0. The van der Waals surface area contributed by atoms with Gasteiger partial charge in [0.2, 0.25) is 0 Å². The first kappa shape index (κ1) is 16.1. The Hall–Kier alpha value is -0.390. The van der Waals surface area contributed by atoms with Gasteiger partial charge >= 0.3 is 55.6 Å². The second-order valence-corrected chi connectivity index (χ2v) is 2.07. The average molecular weight is 228 g/mol. The van der Waals surface area contributed by atoms with Crippen LogP contribution in [0.15, 0.2) is 12.7 Å². The van der Waals surface area contributed by atoms with Crippen molar-refractivity contribution in [1.29, 1.82) is 0 Å². The van der Waals surface area contributed by atoms with Crippen molar-refractivity contribution in [2.75, 3.05) is 7.11 Å². The Bertz CT molecular complexity index is 236. The summed E-state index contributed by atoms with van der Waals surface area (Å²) < 4.78 is 8.47. The number of rotatable bonds is 4. The topological polar surface area (TPSA) is 69.7 Å². The summed E-state index contributed by atoms with van der Waals surface area (Å²) in [5, 5.41) is 0. The van der Waals surface area contributed by atoms with Gasteiger partial charge in [0.1, 0.15) is 0 Å². The Morgan fingerprint density at radius 2 is 1.71 bits per heavy atom. The molecule has 0 fully saturated rings. The minimum absolute atomic E-state index is 0. The summed E-state index contributed by atoms with van der Waals surface area (Å²) in [5.41, 5.74) is 0. The summed E-state index contributed by atoms with van der Waals surface area (Å²) in [4.78, 5) is 31.7. The molecule has 5 nitrogen and oxygen atoms in total. The second-order valence-electron chi connectivity index (χ2n) is 2.07. The fourth-order valence-electron chi connectivity index (χ4n) is 0.511. The fraction of sp³-hybridized carbons (Fsp3) is 0.375. The molecule has 0 unspecified atom stereocenters. The Morgan fingerprint density at radius 1 is 1.21 bits per heavy atom. The standard InChI is InChI=1S/C8H10O5.Ca.2H/c1-3-6(9)13-8(11)5-4-7(10)12-2;;;/h3H,1,4-5H2,2H3;;;. The Balaban J connectivity index is 0. The molecule has 14 heavy (non-hydrogen) atoms. The van der Waals surface area contributed by atoms with Crippen LogP contribution in [0.1, 0.15) is 12.8 Å². The van der Waals surface area contributed by atoms with Crippen LogP contribution in [-0.4, -0.2) is 62.8 Å². The molecular weight excluding hydrogens is 216 g/mol. The first-order valence-electron chi connectivity index (χ1n) is 3.54. The van der Waals surface area contributed by atoms with Crippen LogP contribution >= 0.6 is 0 Å². The van der Waals surface area contributed by atoms with Crippen molar-refractivity contribution in [2.45, 2.75) is 12.8 Å². The number of methoxy groups -OCH3 is 1. The molecule has 0 rings (SSSR count). The molecule has 6 heteroatoms. The molecule has 0 aromatic heterocycles. The Morgan fingerprint density at radius 3 is 2.14 bits per heavy atom. The monoisotopic (exact) mass is 228 g/mol. The molecule has 0 amide bonds. The van der Waals surface area contributed by atoms with Gasteiger partial charge in [-0.2, -0.15) is 0 Å². The van der Waals surface area contributed by atoms with Gasteiger partial charge in [0.15, 0.2) is 0 Å². The first-order chi connectivity index (χ1) is 6.10. The van der Waals surface area contributed by atoms with Crippen molar-refractivity contribution in [3.05, 3.63) is 12.7 Å². The van der Waals surface area contributed by atoms with Crippen LogP contribution in [0.5, 0.6) is 0 Å². The molecular formula is C8H12CaO5. The van der Waals surface area contributed by atoms with Gasteiger partial charge in [-0.15, -0.1) is 0 Å². The number of carbonyl (C=O) groups is 3. The van der Waals surface area contributed by atoms with Gasteiger partial charge in [0, 0.05) is 6.08 Å². The molecule has 0 bridgehead atoms. The van der Waals surface area contributed by atoms with Crippen LogP contribution in [0.4, 0.5) is 0 Å². The average Bonchev–Trinajstić information content (AvgIpc) is 2.13. The van der Waals surface area contributed by atoms with Gasteiger partial charge in [0.05, 0.1) is 20.0 Å². The van der Waals surface area contributed by atoms with Crippen LogP contribution in [0, 0.1) is 0 Å². The van der Waals surface area contributed by atoms with E-state index >= 15 is 0 Å². The van der Waals surface area contributed by atoms with Crippen LogP contribution in [0.2, 0.25) is 0 Å². The fourth-order valence-corrected chi connectivity index (χ4v) is 0.511. The summed E-state index contributed by atoms with van der Waals surface area (Å²) in [5.74, 6) is -2.12. The normalized spacial score (nSPS) is 8.07. The number of hydrogen-bond acceptors (Lipinski definition) is 5. The zero-order valence-electron chi connectivity index (χ0n) is 7.24. The van der Waals surface area contributed by atoms with Gasteiger partial charge in [-0.05, 0) is 0 Å². The third kappa shape index (κ3) is 8.22. The summed E-state index contributed by atoms with van der Waals surface area (Å²) in [7, 11) is 1.21. The predicted molar refractivity (Wildman–Crippen MR) is 51.1 cm³/mol. The van der Waals surface area contributed by atoms with Crippen molar-refractivity contribution in [1.82, 2.24) is 0 Å². The van der Waals surface area contributed by atoms with Crippen molar-refractivity contribution in [3.63, 3.8) is 0 Å². The molecule has 0 aliphatic heterocycles. The predicted octanol–water partition coefficient (Wildman–Crippen LogP) is -0.721. The Labute approximate surface area is 111 Å². The van der Waals surface area contributed by atoms with Crippen LogP contribution in [0.25, 0.3) is 0 Å². The molecule has 0 aliphatic carbocycles. The minimum atomic E-state index is -0.824. The number of carbonyl (C=O) groups excluding carboxylic acids is 3. The molecule has 0 spiro atoms. The van der Waals surface area contributed by atoms with E-state index in [1.807, 2.05) is 0 Å². The van der Waals surface area contributed by atoms with Crippen LogP contribution in [-0.2, 0) is 23.9 Å². The second kappa shape index (κ2) is 9.18. The van der Waals surface area contributed by atoms with E-state index < -0.39 is 17.9 Å². The zero-order valence-corrected chi connectivity index (χ0v) is 7.24. The maximum atomic E-state index is 10.7. The third-order valence-corrected chi connectivity index (χ3v) is 1.14. The maximum absolute atomic E-state index is 10.7. The number of esters is 3. The van der Waals surface area contributed by atoms with Crippen molar-refractivity contribution in [2.24, 2.45) is 0 Å². The van der Waals surface area contributed by atoms with Crippen LogP contribution in [0.3, 0.4) is 0 Å². The number of hydrogen-bond donors (Lipinski definition) is 0. The van der Waals surface area contributed by atoms with E-state index in [9.17, 15) is 14.4 Å². The van der Waals surface area contributed by atoms with Gasteiger partial charge in [0.25, 0.3) is 0 Å². The van der Waals surface area contributed by atoms with E-state index in [4.69, 9.17) is 0 Å². The molecule has 0 atom stereocenters. The summed E-state index contributed by atoms with van der Waals surface area (Å²) in [6.45, 7) is 3.11. The van der Waals surface area contributed by atoms with Crippen molar-refractivity contribution in [3.8, 4) is 0 Å². The van der Waals surface area contributed by atoms with E-state index in [-0.39, 0.29) is 50.6 Å². The summed E-state index contributed by atoms with van der Waals surface area (Å²) in [6.07, 6.45) is 0.599. The van der Waals surface area contributed by atoms with Gasteiger partial charge in [-0.3, -0.25) is 9.59 Å². The van der Waals surface area contributed by atoms with E-state index in [2.05, 4.69) is 16.1 Å². The first-order valence-corrected chi connectivity index (χ1v) is 3.54. The molecule has 0 radical (unpaired) electrons. The van der Waals surface area contributed by atoms with Crippen molar-refractivity contribution < 1.29 is 23.9 Å². The molecule has 0 aromatic carbocycles. The van der Waals surface area contributed by atoms with Gasteiger partial charge in [-0.25, -0.2) is 4.79 Å². The van der Waals surface area contributed by atoms with E-state index in [0.29, 0.717) is 0 Å². The van der Waals surface area contributed by atoms with E-state index in [1.54, 1.807) is 0 Å². The number of ether oxygens (including phenoxy) is 2. The van der Waals surface area contributed by atoms with E-state index in [1.165, 1.54) is 7.11 Å². The van der Waals surface area contributed by atoms with Crippen molar-refractivity contribution >= 4 is 55.6 Å². The molecule has 0 aliphatic rings. The molecule has 0 heterocycles. The molecule has 0 aromatic rings. The van der Waals surface area contributed by atoms with Gasteiger partial charge < -0.3 is 9.47 Å². The Kier molecular flexibility index (Phi) is 10.5. The SMILES string of the molecule is C=CC(=O)OC(=O)CCC(=O)OC.[CaH2]. The quantitative estimate of drug-likeness (QED) is 0.275. The van der Waals surface area contributed by atoms with Gasteiger partial charge in [-0.1, -0.05) is 6.58 Å². The zero-order chi connectivity index (χ0) is 10.3. The third-order valence-electron chi connectivity index (χ3n) is 1.14. The summed E-state index contributed by atoms with van der Waals surface area (Å²) in [6, 6.07) is 0. The molecule has 0 saturated carbocycles. The van der Waals surface area contributed by atoms with E-state index in [0.717, 1.165) is 6.08 Å². The molecule has 0 N–H and O–H groups in total.